The van der Waals surface area contributed by atoms with Crippen LogP contribution in [0.4, 0.5) is 5.95 Å². The lowest BCUT2D eigenvalue weighted by Crippen LogP contribution is -2.35. The molecule has 3 aliphatic rings. The van der Waals surface area contributed by atoms with E-state index in [-0.39, 0.29) is 17.6 Å². The van der Waals surface area contributed by atoms with Gasteiger partial charge in [0.1, 0.15) is 0 Å². The van der Waals surface area contributed by atoms with Crippen molar-refractivity contribution in [3.8, 4) is 0 Å². The van der Waals surface area contributed by atoms with Crippen LogP contribution in [-0.4, -0.2) is 54.1 Å². The average molecular weight is 364 g/mol. The van der Waals surface area contributed by atoms with Gasteiger partial charge in [-0.3, -0.25) is 4.79 Å². The van der Waals surface area contributed by atoms with Crippen molar-refractivity contribution in [2.75, 3.05) is 25.0 Å². The average Bonchev–Trinajstić information content (AvgIpc) is 3.28. The van der Waals surface area contributed by atoms with Gasteiger partial charge in [0, 0.05) is 43.7 Å². The van der Waals surface area contributed by atoms with Crippen LogP contribution in [0, 0.1) is 5.92 Å². The van der Waals surface area contributed by atoms with Crippen LogP contribution in [0.1, 0.15) is 49.8 Å². The number of sulfone groups is 1. The molecule has 0 spiro atoms. The molecule has 1 N–H and O–H groups in total. The zero-order chi connectivity index (χ0) is 17.6. The highest BCUT2D eigenvalue weighted by molar-refractivity contribution is 7.91. The van der Waals surface area contributed by atoms with E-state index in [2.05, 4.69) is 15.3 Å². The van der Waals surface area contributed by atoms with E-state index in [9.17, 15) is 13.2 Å². The predicted molar refractivity (Wildman–Crippen MR) is 93.9 cm³/mol. The summed E-state index contributed by atoms with van der Waals surface area (Å²) in [5.74, 6) is 1.06. The predicted octanol–water partition coefficient (Wildman–Crippen LogP) is 1.32. The third-order valence-electron chi connectivity index (χ3n) is 5.40. The summed E-state index contributed by atoms with van der Waals surface area (Å²) < 4.78 is 25.3. The molecular formula is C17H24N4O3S. The van der Waals surface area contributed by atoms with Gasteiger partial charge in [-0.15, -0.1) is 0 Å². The first-order valence-corrected chi connectivity index (χ1v) is 10.8. The van der Waals surface area contributed by atoms with Gasteiger partial charge in [0.15, 0.2) is 9.84 Å². The van der Waals surface area contributed by atoms with Crippen molar-refractivity contribution in [2.45, 2.75) is 49.5 Å². The minimum atomic E-state index is -3.28. The number of aromatic nitrogens is 2. The number of hydrogen-bond donors (Lipinski definition) is 1. The van der Waals surface area contributed by atoms with Gasteiger partial charge >= 0.3 is 0 Å². The van der Waals surface area contributed by atoms with Crippen LogP contribution in [0.15, 0.2) is 6.20 Å². The highest BCUT2D eigenvalue weighted by Crippen LogP contribution is 2.39. The Hall–Kier alpha value is -1.70. The SMILES string of the molecule is CCCC(=O)N1C[C@@H]2c3nc(NCC4CC4)ncc3CS(=O)(=O)[C@@H]2C1. The van der Waals surface area contributed by atoms with Gasteiger partial charge in [-0.1, -0.05) is 6.92 Å². The standard InChI is InChI=1S/C17H24N4O3S/c1-2-3-15(22)21-8-13-14(9-21)25(23,24)10-12-7-19-17(20-16(12)13)18-6-11-4-5-11/h7,11,13-14H,2-6,8-10H2,1H3,(H,18,19,20)/t13-,14+/m0/s1. The Morgan fingerprint density at radius 3 is 2.88 bits per heavy atom. The molecule has 8 heteroatoms. The Balaban J connectivity index is 1.61. The summed E-state index contributed by atoms with van der Waals surface area (Å²) in [5.41, 5.74) is 1.49. The smallest absolute Gasteiger partial charge is 0.222 e. The molecule has 4 rings (SSSR count). The lowest BCUT2D eigenvalue weighted by molar-refractivity contribution is -0.130. The van der Waals surface area contributed by atoms with E-state index in [0.717, 1.165) is 18.7 Å². The highest BCUT2D eigenvalue weighted by atomic mass is 32.2. The third kappa shape index (κ3) is 3.23. The second kappa shape index (κ2) is 6.23. The molecule has 1 saturated carbocycles. The van der Waals surface area contributed by atoms with E-state index in [0.29, 0.717) is 36.9 Å². The molecule has 0 aromatic carbocycles. The Kier molecular flexibility index (Phi) is 4.17. The quantitative estimate of drug-likeness (QED) is 0.847. The molecule has 2 fully saturated rings. The van der Waals surface area contributed by atoms with Crippen molar-refractivity contribution >= 4 is 21.7 Å². The van der Waals surface area contributed by atoms with Crippen LogP contribution in [-0.2, 0) is 20.4 Å². The summed E-state index contributed by atoms with van der Waals surface area (Å²) in [6.07, 6.45) is 5.36. The number of nitrogens with zero attached hydrogens (tertiary/aromatic N) is 3. The molecule has 1 saturated heterocycles. The summed E-state index contributed by atoms with van der Waals surface area (Å²) in [6.45, 7) is 3.55. The molecule has 3 heterocycles. The van der Waals surface area contributed by atoms with E-state index in [4.69, 9.17) is 0 Å². The first-order chi connectivity index (χ1) is 12.0. The van der Waals surface area contributed by atoms with Crippen LogP contribution in [0.25, 0.3) is 0 Å². The fourth-order valence-corrected chi connectivity index (χ4v) is 5.79. The van der Waals surface area contributed by atoms with Crippen LogP contribution in [0.3, 0.4) is 0 Å². The first kappa shape index (κ1) is 16.8. The van der Waals surface area contributed by atoms with Crippen molar-refractivity contribution in [2.24, 2.45) is 5.92 Å². The number of amides is 1. The number of hydrogen-bond acceptors (Lipinski definition) is 6. The summed E-state index contributed by atoms with van der Waals surface area (Å²) in [6, 6.07) is 0. The molecule has 0 bridgehead atoms. The molecule has 1 aliphatic carbocycles. The van der Waals surface area contributed by atoms with Crippen molar-refractivity contribution in [3.63, 3.8) is 0 Å². The van der Waals surface area contributed by atoms with Crippen molar-refractivity contribution in [1.82, 2.24) is 14.9 Å². The molecule has 1 aromatic rings. The third-order valence-corrected chi connectivity index (χ3v) is 7.51. The summed E-state index contributed by atoms with van der Waals surface area (Å²) in [4.78, 5) is 22.9. The van der Waals surface area contributed by atoms with E-state index in [1.54, 1.807) is 11.1 Å². The number of carbonyl (C=O) groups is 1. The van der Waals surface area contributed by atoms with Gasteiger partial charge in [-0.05, 0) is 25.2 Å². The molecule has 0 unspecified atom stereocenters. The minimum absolute atomic E-state index is 0.0256. The summed E-state index contributed by atoms with van der Waals surface area (Å²) in [7, 11) is -3.28. The molecule has 25 heavy (non-hydrogen) atoms. The zero-order valence-electron chi connectivity index (χ0n) is 14.4. The molecule has 7 nitrogen and oxygen atoms in total. The Labute approximate surface area is 148 Å². The van der Waals surface area contributed by atoms with Crippen molar-refractivity contribution < 1.29 is 13.2 Å². The monoisotopic (exact) mass is 364 g/mol. The number of rotatable bonds is 5. The lowest BCUT2D eigenvalue weighted by Gasteiger charge is -2.26. The second-order valence-electron chi connectivity index (χ2n) is 7.43. The Morgan fingerprint density at radius 1 is 1.36 bits per heavy atom. The fourth-order valence-electron chi connectivity index (χ4n) is 3.79. The molecule has 1 amide bonds. The van der Waals surface area contributed by atoms with E-state index in [1.807, 2.05) is 6.92 Å². The highest BCUT2D eigenvalue weighted by Gasteiger charge is 2.48. The molecule has 2 aliphatic heterocycles. The van der Waals surface area contributed by atoms with Gasteiger partial charge in [0.05, 0.1) is 16.7 Å². The topological polar surface area (TPSA) is 92.3 Å². The maximum absolute atomic E-state index is 12.7. The largest absolute Gasteiger partial charge is 0.354 e. The molecule has 136 valence electrons. The maximum Gasteiger partial charge on any atom is 0.222 e. The first-order valence-electron chi connectivity index (χ1n) is 9.07. The van der Waals surface area contributed by atoms with Crippen LogP contribution >= 0.6 is 0 Å². The van der Waals surface area contributed by atoms with Gasteiger partial charge in [-0.25, -0.2) is 18.4 Å². The van der Waals surface area contributed by atoms with Crippen LogP contribution in [0.2, 0.25) is 0 Å². The van der Waals surface area contributed by atoms with Gasteiger partial charge in [0.25, 0.3) is 0 Å². The van der Waals surface area contributed by atoms with E-state index < -0.39 is 15.1 Å². The van der Waals surface area contributed by atoms with E-state index >= 15 is 0 Å². The van der Waals surface area contributed by atoms with Gasteiger partial charge in [0.2, 0.25) is 11.9 Å². The Bertz CT molecular complexity index is 791. The van der Waals surface area contributed by atoms with Crippen molar-refractivity contribution in [3.05, 3.63) is 17.5 Å². The molecule has 1 aromatic heterocycles. The maximum atomic E-state index is 12.7. The molecule has 2 atom stereocenters. The van der Waals surface area contributed by atoms with Gasteiger partial charge < -0.3 is 10.2 Å². The van der Waals surface area contributed by atoms with E-state index in [1.165, 1.54) is 12.8 Å². The number of nitrogens with one attached hydrogen (secondary N) is 1. The summed E-state index contributed by atoms with van der Waals surface area (Å²) in [5, 5.41) is 2.72. The molecular weight excluding hydrogens is 340 g/mol. The van der Waals surface area contributed by atoms with Crippen molar-refractivity contribution in [1.29, 1.82) is 0 Å². The normalized spacial score (nSPS) is 26.8. The zero-order valence-corrected chi connectivity index (χ0v) is 15.3. The number of anilines is 1. The minimum Gasteiger partial charge on any atom is -0.354 e. The number of carbonyl (C=O) groups excluding carboxylic acids is 1. The number of likely N-dealkylation sites (tertiary alicyclic amines) is 1. The molecule has 0 radical (unpaired) electrons. The fraction of sp³-hybridized carbons (Fsp3) is 0.706. The lowest BCUT2D eigenvalue weighted by atomic mass is 10.00. The summed E-state index contributed by atoms with van der Waals surface area (Å²) >= 11 is 0. The second-order valence-corrected chi connectivity index (χ2v) is 9.65. The Morgan fingerprint density at radius 2 is 2.16 bits per heavy atom. The number of fused-ring (bicyclic) bond motifs is 3. The van der Waals surface area contributed by atoms with Crippen LogP contribution < -0.4 is 5.32 Å². The van der Waals surface area contributed by atoms with Gasteiger partial charge in [-0.2, -0.15) is 0 Å². The van der Waals surface area contributed by atoms with Crippen LogP contribution in [0.5, 0.6) is 0 Å².